The van der Waals surface area contributed by atoms with Crippen LogP contribution < -0.4 is 10.9 Å². The fraction of sp³-hybridized carbons (Fsp3) is 0.0833. The molecule has 7 nitrogen and oxygen atoms in total. The molecule has 1 aromatic heterocycles. The second-order valence-corrected chi connectivity index (χ2v) is 4.66. The first kappa shape index (κ1) is 14.1. The number of carboxylic acid groups (broad SMARTS) is 1. The van der Waals surface area contributed by atoms with Crippen molar-refractivity contribution in [3.63, 3.8) is 0 Å². The Hall–Kier alpha value is -2.35. The van der Waals surface area contributed by atoms with Crippen LogP contribution in [0.3, 0.4) is 0 Å². The van der Waals surface area contributed by atoms with Crippen LogP contribution in [0.1, 0.15) is 10.4 Å². The highest BCUT2D eigenvalue weighted by atomic mass is 79.9. The first-order valence-electron chi connectivity index (χ1n) is 5.36. The molecule has 8 heteroatoms. The molecule has 1 amide bonds. The van der Waals surface area contributed by atoms with Gasteiger partial charge in [-0.2, -0.15) is 0 Å². The van der Waals surface area contributed by atoms with Gasteiger partial charge in [0.15, 0.2) is 11.1 Å². The van der Waals surface area contributed by atoms with E-state index in [4.69, 9.17) is 9.52 Å². The predicted molar refractivity (Wildman–Crippen MR) is 71.8 cm³/mol. The topological polar surface area (TPSA) is 117 Å². The van der Waals surface area contributed by atoms with Gasteiger partial charge < -0.3 is 19.9 Å². The molecule has 1 aromatic carbocycles. The van der Waals surface area contributed by atoms with E-state index in [9.17, 15) is 19.5 Å². The molecular weight excluding hydrogens is 334 g/mol. The van der Waals surface area contributed by atoms with Gasteiger partial charge in [-0.05, 0) is 28.1 Å². The SMILES string of the molecule is O=C(O)CNC(=O)c1c(O)c2cccc(Br)c2oc1=O. The summed E-state index contributed by atoms with van der Waals surface area (Å²) in [6, 6.07) is 4.66. The summed E-state index contributed by atoms with van der Waals surface area (Å²) in [5, 5.41) is 20.6. The van der Waals surface area contributed by atoms with Crippen molar-refractivity contribution in [2.75, 3.05) is 6.54 Å². The smallest absolute Gasteiger partial charge is 0.353 e. The zero-order chi connectivity index (χ0) is 14.9. The third-order valence-electron chi connectivity index (χ3n) is 2.49. The van der Waals surface area contributed by atoms with Crippen molar-refractivity contribution >= 4 is 38.8 Å². The van der Waals surface area contributed by atoms with Gasteiger partial charge in [-0.1, -0.05) is 6.07 Å². The maximum atomic E-state index is 11.7. The number of rotatable bonds is 3. The van der Waals surface area contributed by atoms with Gasteiger partial charge in [-0.15, -0.1) is 0 Å². The fourth-order valence-corrected chi connectivity index (χ4v) is 2.07. The third-order valence-corrected chi connectivity index (χ3v) is 3.11. The molecule has 2 rings (SSSR count). The minimum absolute atomic E-state index is 0.102. The molecule has 0 saturated heterocycles. The molecule has 0 fully saturated rings. The summed E-state index contributed by atoms with van der Waals surface area (Å²) < 4.78 is 5.41. The number of para-hydroxylation sites is 1. The van der Waals surface area contributed by atoms with Crippen LogP contribution in [0.25, 0.3) is 11.0 Å². The summed E-state index contributed by atoms with van der Waals surface area (Å²) in [7, 11) is 0. The zero-order valence-electron chi connectivity index (χ0n) is 9.84. The van der Waals surface area contributed by atoms with Crippen molar-refractivity contribution in [2.24, 2.45) is 0 Å². The van der Waals surface area contributed by atoms with Gasteiger partial charge in [0, 0.05) is 0 Å². The molecule has 0 spiro atoms. The van der Waals surface area contributed by atoms with Crippen LogP contribution in [-0.2, 0) is 4.79 Å². The largest absolute Gasteiger partial charge is 0.506 e. The highest BCUT2D eigenvalue weighted by molar-refractivity contribution is 9.10. The first-order chi connectivity index (χ1) is 9.41. The van der Waals surface area contributed by atoms with E-state index in [1.807, 2.05) is 5.32 Å². The van der Waals surface area contributed by atoms with Crippen molar-refractivity contribution in [1.82, 2.24) is 5.32 Å². The molecule has 0 unspecified atom stereocenters. The van der Waals surface area contributed by atoms with Crippen LogP contribution in [-0.4, -0.2) is 28.6 Å². The fourth-order valence-electron chi connectivity index (χ4n) is 1.62. The van der Waals surface area contributed by atoms with Gasteiger partial charge in [0.1, 0.15) is 12.3 Å². The average Bonchev–Trinajstić information content (AvgIpc) is 2.38. The quantitative estimate of drug-likeness (QED) is 0.719. The van der Waals surface area contributed by atoms with E-state index in [-0.39, 0.29) is 11.0 Å². The molecule has 1 heterocycles. The van der Waals surface area contributed by atoms with Crippen molar-refractivity contribution in [1.29, 1.82) is 0 Å². The van der Waals surface area contributed by atoms with Crippen LogP contribution in [0.5, 0.6) is 5.75 Å². The predicted octanol–water partition coefficient (Wildman–Crippen LogP) is 1.08. The van der Waals surface area contributed by atoms with Crippen molar-refractivity contribution in [3.05, 3.63) is 38.7 Å². The van der Waals surface area contributed by atoms with Crippen LogP contribution in [0.2, 0.25) is 0 Å². The number of amides is 1. The van der Waals surface area contributed by atoms with Crippen LogP contribution in [0.4, 0.5) is 0 Å². The molecule has 0 aliphatic carbocycles. The molecule has 2 aromatic rings. The minimum atomic E-state index is -1.27. The van der Waals surface area contributed by atoms with Gasteiger partial charge >= 0.3 is 11.6 Å². The molecular formula is C12H8BrNO6. The maximum absolute atomic E-state index is 11.7. The summed E-state index contributed by atoms with van der Waals surface area (Å²) in [5.74, 6) is -2.84. The van der Waals surface area contributed by atoms with E-state index in [1.165, 1.54) is 6.07 Å². The Morgan fingerprint density at radius 2 is 2.05 bits per heavy atom. The second-order valence-electron chi connectivity index (χ2n) is 3.81. The van der Waals surface area contributed by atoms with E-state index in [2.05, 4.69) is 15.9 Å². The second kappa shape index (κ2) is 5.33. The number of halogens is 1. The summed E-state index contributed by atoms with van der Waals surface area (Å²) in [6.45, 7) is -0.672. The molecule has 20 heavy (non-hydrogen) atoms. The number of carbonyl (C=O) groups is 2. The zero-order valence-corrected chi connectivity index (χ0v) is 11.4. The lowest BCUT2D eigenvalue weighted by Gasteiger charge is -2.07. The van der Waals surface area contributed by atoms with Crippen molar-refractivity contribution in [2.45, 2.75) is 0 Å². The Labute approximate surface area is 120 Å². The summed E-state index contributed by atoms with van der Waals surface area (Å²) >= 11 is 3.15. The Bertz CT molecular complexity index is 766. The van der Waals surface area contributed by atoms with Crippen molar-refractivity contribution < 1.29 is 24.2 Å². The summed E-state index contributed by atoms with van der Waals surface area (Å²) in [6.07, 6.45) is 0. The molecule has 0 aliphatic rings. The van der Waals surface area contributed by atoms with Gasteiger partial charge in [0.2, 0.25) is 0 Å². The number of benzene rings is 1. The molecule has 0 bridgehead atoms. The molecule has 0 radical (unpaired) electrons. The lowest BCUT2D eigenvalue weighted by atomic mass is 10.1. The molecule has 104 valence electrons. The van der Waals surface area contributed by atoms with Crippen molar-refractivity contribution in [3.8, 4) is 5.75 Å². The minimum Gasteiger partial charge on any atom is -0.506 e. The third kappa shape index (κ3) is 2.50. The highest BCUT2D eigenvalue weighted by Gasteiger charge is 2.21. The monoisotopic (exact) mass is 341 g/mol. The molecule has 0 saturated carbocycles. The standard InChI is InChI=1S/C12H8BrNO6/c13-6-3-1-2-5-9(17)8(12(19)20-10(5)6)11(18)14-4-7(15)16/h1-3,17H,4H2,(H,14,18)(H,15,16). The van der Waals surface area contributed by atoms with Gasteiger partial charge in [0.25, 0.3) is 5.91 Å². The molecule has 0 atom stereocenters. The van der Waals surface area contributed by atoms with Gasteiger partial charge in [-0.3, -0.25) is 9.59 Å². The number of carbonyl (C=O) groups excluding carboxylic acids is 1. The first-order valence-corrected chi connectivity index (χ1v) is 6.15. The summed E-state index contributed by atoms with van der Waals surface area (Å²) in [4.78, 5) is 33.8. The van der Waals surface area contributed by atoms with E-state index in [0.717, 1.165) is 0 Å². The van der Waals surface area contributed by atoms with Crippen LogP contribution >= 0.6 is 15.9 Å². The maximum Gasteiger partial charge on any atom is 0.353 e. The Morgan fingerprint density at radius 1 is 1.35 bits per heavy atom. The van der Waals surface area contributed by atoms with Crippen LogP contribution in [0, 0.1) is 0 Å². The molecule has 0 aliphatic heterocycles. The summed E-state index contributed by atoms with van der Waals surface area (Å²) in [5.41, 5.74) is -1.58. The van der Waals surface area contributed by atoms with E-state index < -0.39 is 35.4 Å². The average molecular weight is 342 g/mol. The number of nitrogens with one attached hydrogen (secondary N) is 1. The number of hydrogen-bond acceptors (Lipinski definition) is 5. The number of fused-ring (bicyclic) bond motifs is 1. The number of aromatic hydroxyl groups is 1. The highest BCUT2D eigenvalue weighted by Crippen LogP contribution is 2.30. The normalized spacial score (nSPS) is 10.4. The van der Waals surface area contributed by atoms with E-state index >= 15 is 0 Å². The number of hydrogen-bond donors (Lipinski definition) is 3. The van der Waals surface area contributed by atoms with E-state index in [1.54, 1.807) is 12.1 Å². The van der Waals surface area contributed by atoms with Crippen LogP contribution in [0.15, 0.2) is 31.9 Å². The molecule has 3 N–H and O–H groups in total. The number of carboxylic acids is 1. The van der Waals surface area contributed by atoms with E-state index in [0.29, 0.717) is 4.47 Å². The Morgan fingerprint density at radius 3 is 2.70 bits per heavy atom. The Balaban J connectivity index is 2.58. The van der Waals surface area contributed by atoms with Gasteiger partial charge in [-0.25, -0.2) is 4.79 Å². The Kier molecular flexibility index (Phi) is 3.75. The number of aliphatic carboxylic acids is 1. The lowest BCUT2D eigenvalue weighted by Crippen LogP contribution is -2.32. The lowest BCUT2D eigenvalue weighted by molar-refractivity contribution is -0.135. The van der Waals surface area contributed by atoms with Gasteiger partial charge in [0.05, 0.1) is 9.86 Å².